The minimum Gasteiger partial charge on any atom is -0.344 e. The molecule has 0 aromatic carbocycles. The maximum absolute atomic E-state index is 4.00. The van der Waals surface area contributed by atoms with Crippen molar-refractivity contribution in [3.63, 3.8) is 0 Å². The molecule has 0 aliphatic rings. The van der Waals surface area contributed by atoms with Crippen LogP contribution in [0, 0.1) is 0 Å². The van der Waals surface area contributed by atoms with E-state index in [1.807, 2.05) is 38.6 Å². The van der Waals surface area contributed by atoms with Crippen LogP contribution in [-0.2, 0) is 13.0 Å². The maximum Gasteiger partial charge on any atom is 0.0824 e. The molecule has 0 saturated carbocycles. The fourth-order valence-electron chi connectivity index (χ4n) is 0.930. The van der Waals surface area contributed by atoms with E-state index in [0.29, 0.717) is 0 Å². The SMILES string of the molecule is CC.CC.CCCCn1cc(CC)nn1.N. The van der Waals surface area contributed by atoms with E-state index >= 15 is 0 Å². The molecule has 98 valence electrons. The van der Waals surface area contributed by atoms with Crippen LogP contribution in [0.5, 0.6) is 0 Å². The Morgan fingerprint density at radius 1 is 1.12 bits per heavy atom. The molecule has 0 fully saturated rings. The summed E-state index contributed by atoms with van der Waals surface area (Å²) in [5.74, 6) is 0. The largest absolute Gasteiger partial charge is 0.344 e. The first-order valence-electron chi connectivity index (χ1n) is 6.25. The summed E-state index contributed by atoms with van der Waals surface area (Å²) in [6.07, 6.45) is 5.40. The van der Waals surface area contributed by atoms with Gasteiger partial charge in [0.2, 0.25) is 0 Å². The van der Waals surface area contributed by atoms with Gasteiger partial charge in [-0.2, -0.15) is 0 Å². The molecule has 1 heterocycles. The highest BCUT2D eigenvalue weighted by molar-refractivity contribution is 4.90. The van der Waals surface area contributed by atoms with E-state index in [2.05, 4.69) is 24.2 Å². The highest BCUT2D eigenvalue weighted by atomic mass is 15.4. The van der Waals surface area contributed by atoms with Crippen molar-refractivity contribution >= 4 is 0 Å². The summed E-state index contributed by atoms with van der Waals surface area (Å²) in [6, 6.07) is 0. The molecule has 1 aromatic rings. The van der Waals surface area contributed by atoms with Crippen LogP contribution in [0.15, 0.2) is 6.20 Å². The predicted octanol–water partition coefficient (Wildman–Crippen LogP) is 3.86. The summed E-state index contributed by atoms with van der Waals surface area (Å²) >= 11 is 0. The van der Waals surface area contributed by atoms with E-state index in [1.54, 1.807) is 0 Å². The van der Waals surface area contributed by atoms with Crippen LogP contribution in [0.1, 0.15) is 60.1 Å². The number of hydrogen-bond acceptors (Lipinski definition) is 3. The molecule has 0 spiro atoms. The molecule has 1 rings (SSSR count). The van der Waals surface area contributed by atoms with Crippen LogP contribution in [-0.4, -0.2) is 15.0 Å². The van der Waals surface area contributed by atoms with E-state index in [4.69, 9.17) is 0 Å². The second kappa shape index (κ2) is 16.5. The average molecular weight is 230 g/mol. The van der Waals surface area contributed by atoms with Crippen LogP contribution in [0.25, 0.3) is 0 Å². The molecule has 0 aliphatic carbocycles. The topological polar surface area (TPSA) is 65.7 Å². The number of unbranched alkanes of at least 4 members (excludes halogenated alkanes) is 1. The lowest BCUT2D eigenvalue weighted by atomic mass is 10.3. The molecule has 0 radical (unpaired) electrons. The Morgan fingerprint density at radius 2 is 1.69 bits per heavy atom. The number of hydrogen-bond donors (Lipinski definition) is 1. The van der Waals surface area contributed by atoms with Gasteiger partial charge in [-0.3, -0.25) is 4.68 Å². The second-order valence-corrected chi connectivity index (χ2v) is 2.68. The zero-order valence-electron chi connectivity index (χ0n) is 12.0. The third-order valence-corrected chi connectivity index (χ3v) is 1.69. The van der Waals surface area contributed by atoms with Crippen LogP contribution in [0.3, 0.4) is 0 Å². The Bertz CT molecular complexity index is 209. The normalized spacial score (nSPS) is 7.88. The average Bonchev–Trinajstić information content (AvgIpc) is 2.79. The molecular formula is C12H30N4. The van der Waals surface area contributed by atoms with E-state index in [0.717, 1.165) is 18.7 Å². The summed E-state index contributed by atoms with van der Waals surface area (Å²) in [5, 5.41) is 7.99. The van der Waals surface area contributed by atoms with Crippen molar-refractivity contribution in [3.8, 4) is 0 Å². The van der Waals surface area contributed by atoms with Gasteiger partial charge >= 0.3 is 0 Å². The molecule has 16 heavy (non-hydrogen) atoms. The van der Waals surface area contributed by atoms with Crippen LogP contribution >= 0.6 is 0 Å². The Hall–Kier alpha value is -0.900. The molecule has 0 atom stereocenters. The zero-order valence-corrected chi connectivity index (χ0v) is 12.0. The quantitative estimate of drug-likeness (QED) is 0.854. The Labute approximate surface area is 101 Å². The number of rotatable bonds is 4. The van der Waals surface area contributed by atoms with E-state index in [1.165, 1.54) is 12.8 Å². The Balaban J connectivity index is -0.000000305. The molecule has 4 heteroatoms. The first kappa shape index (κ1) is 20.5. The molecular weight excluding hydrogens is 200 g/mol. The van der Waals surface area contributed by atoms with E-state index < -0.39 is 0 Å². The molecule has 4 nitrogen and oxygen atoms in total. The zero-order chi connectivity index (χ0) is 12.1. The first-order valence-corrected chi connectivity index (χ1v) is 6.25. The lowest BCUT2D eigenvalue weighted by molar-refractivity contribution is 0.553. The van der Waals surface area contributed by atoms with Gasteiger partial charge in [0.1, 0.15) is 0 Å². The minimum absolute atomic E-state index is 0. The summed E-state index contributed by atoms with van der Waals surface area (Å²) in [7, 11) is 0. The minimum atomic E-state index is 0. The maximum atomic E-state index is 4.00. The third-order valence-electron chi connectivity index (χ3n) is 1.69. The van der Waals surface area contributed by atoms with Gasteiger partial charge in [0.15, 0.2) is 0 Å². The number of aryl methyl sites for hydroxylation is 2. The van der Waals surface area contributed by atoms with Gasteiger partial charge in [0, 0.05) is 12.7 Å². The lowest BCUT2D eigenvalue weighted by Crippen LogP contribution is -1.97. The lowest BCUT2D eigenvalue weighted by Gasteiger charge is -1.94. The molecule has 1 aromatic heterocycles. The van der Waals surface area contributed by atoms with Crippen molar-refractivity contribution in [2.45, 2.75) is 67.3 Å². The Kier molecular flexibility index (Phi) is 21.2. The first-order chi connectivity index (χ1) is 7.36. The summed E-state index contributed by atoms with van der Waals surface area (Å²) in [4.78, 5) is 0. The smallest absolute Gasteiger partial charge is 0.0824 e. The van der Waals surface area contributed by atoms with Crippen molar-refractivity contribution in [2.24, 2.45) is 0 Å². The number of nitrogens with zero attached hydrogens (tertiary/aromatic N) is 3. The van der Waals surface area contributed by atoms with Crippen molar-refractivity contribution < 1.29 is 0 Å². The van der Waals surface area contributed by atoms with E-state index in [9.17, 15) is 0 Å². The fraction of sp³-hybridized carbons (Fsp3) is 0.833. The standard InChI is InChI=1S/C8H15N3.2C2H6.H3N/c1-3-5-6-11-7-8(4-2)9-10-11;2*1-2;/h7H,3-6H2,1-2H3;2*1-2H3;1H3. The summed E-state index contributed by atoms with van der Waals surface area (Å²) in [5.41, 5.74) is 1.08. The van der Waals surface area contributed by atoms with Gasteiger partial charge in [-0.05, 0) is 12.8 Å². The van der Waals surface area contributed by atoms with Gasteiger partial charge in [-0.25, -0.2) is 0 Å². The molecule has 0 amide bonds. The Morgan fingerprint density at radius 3 is 2.06 bits per heavy atom. The third kappa shape index (κ3) is 9.65. The molecule has 0 bridgehead atoms. The molecule has 0 aliphatic heterocycles. The molecule has 0 saturated heterocycles. The molecule has 0 unspecified atom stereocenters. The van der Waals surface area contributed by atoms with Crippen molar-refractivity contribution in [3.05, 3.63) is 11.9 Å². The highest BCUT2D eigenvalue weighted by Crippen LogP contribution is 1.96. The van der Waals surface area contributed by atoms with Crippen molar-refractivity contribution in [1.29, 1.82) is 0 Å². The number of aromatic nitrogens is 3. The van der Waals surface area contributed by atoms with Crippen LogP contribution < -0.4 is 6.15 Å². The summed E-state index contributed by atoms with van der Waals surface area (Å²) < 4.78 is 1.92. The van der Waals surface area contributed by atoms with Crippen LogP contribution in [0.4, 0.5) is 0 Å². The molecule has 3 N–H and O–H groups in total. The van der Waals surface area contributed by atoms with Crippen molar-refractivity contribution in [2.75, 3.05) is 0 Å². The van der Waals surface area contributed by atoms with Gasteiger partial charge in [0.25, 0.3) is 0 Å². The van der Waals surface area contributed by atoms with E-state index in [-0.39, 0.29) is 6.15 Å². The van der Waals surface area contributed by atoms with Gasteiger partial charge < -0.3 is 6.15 Å². The van der Waals surface area contributed by atoms with Gasteiger partial charge in [-0.1, -0.05) is 53.2 Å². The predicted molar refractivity (Wildman–Crippen MR) is 72.0 cm³/mol. The van der Waals surface area contributed by atoms with Gasteiger partial charge in [-0.15, -0.1) is 5.10 Å². The summed E-state index contributed by atoms with van der Waals surface area (Å²) in [6.45, 7) is 13.3. The van der Waals surface area contributed by atoms with Crippen LogP contribution in [0.2, 0.25) is 0 Å². The van der Waals surface area contributed by atoms with Crippen molar-refractivity contribution in [1.82, 2.24) is 21.1 Å². The fourth-order valence-corrected chi connectivity index (χ4v) is 0.930. The van der Waals surface area contributed by atoms with Gasteiger partial charge in [0.05, 0.1) is 5.69 Å². The monoisotopic (exact) mass is 230 g/mol. The highest BCUT2D eigenvalue weighted by Gasteiger charge is 1.95. The second-order valence-electron chi connectivity index (χ2n) is 2.68.